The lowest BCUT2D eigenvalue weighted by Gasteiger charge is -2.44. The van der Waals surface area contributed by atoms with Crippen molar-refractivity contribution in [3.63, 3.8) is 0 Å². The monoisotopic (exact) mass is 376 g/mol. The van der Waals surface area contributed by atoms with E-state index in [2.05, 4.69) is 6.58 Å². The number of hydrogen-bond donors (Lipinski definition) is 2. The van der Waals surface area contributed by atoms with Crippen LogP contribution >= 0.6 is 0 Å². The number of hydrogen-bond acceptors (Lipinski definition) is 5. The number of β-lactam (4-membered cyclic amide) rings is 1. The number of nitrogens with zero attached hydrogens (tertiary/aromatic N) is 2. The van der Waals surface area contributed by atoms with Crippen molar-refractivity contribution < 1.29 is 29.3 Å². The van der Waals surface area contributed by atoms with Gasteiger partial charge in [-0.05, 0) is 31.4 Å². The Morgan fingerprint density at radius 3 is 2.63 bits per heavy atom. The Hall–Kier alpha value is -2.61. The van der Waals surface area contributed by atoms with E-state index < -0.39 is 24.1 Å². The van der Waals surface area contributed by atoms with Gasteiger partial charge < -0.3 is 24.7 Å². The fourth-order valence-electron chi connectivity index (χ4n) is 4.06. The molecule has 0 unspecified atom stereocenters. The molecule has 3 heterocycles. The van der Waals surface area contributed by atoms with Gasteiger partial charge in [0.25, 0.3) is 0 Å². The molecule has 0 aliphatic carbocycles. The van der Waals surface area contributed by atoms with Gasteiger partial charge in [0.15, 0.2) is 0 Å². The molecule has 0 radical (unpaired) electrons. The number of carbonyl (C=O) groups is 3. The molecule has 2 fully saturated rings. The smallest absolute Gasteiger partial charge is 0.410 e. The van der Waals surface area contributed by atoms with Crippen LogP contribution in [0.1, 0.15) is 20.3 Å². The van der Waals surface area contributed by atoms with Gasteiger partial charge in [0.1, 0.15) is 12.3 Å². The summed E-state index contributed by atoms with van der Waals surface area (Å²) in [5.41, 5.74) is 1.43. The molecule has 0 aromatic carbocycles. The van der Waals surface area contributed by atoms with Gasteiger partial charge >= 0.3 is 12.1 Å². The highest BCUT2D eigenvalue weighted by Gasteiger charge is 2.56. The summed E-state index contributed by atoms with van der Waals surface area (Å²) in [4.78, 5) is 38.6. The maximum atomic E-state index is 12.2. The predicted octanol–water partition coefficient (Wildman–Crippen LogP) is 1.14. The van der Waals surface area contributed by atoms with Crippen molar-refractivity contribution in [1.82, 2.24) is 9.80 Å². The summed E-state index contributed by atoms with van der Waals surface area (Å²) in [6, 6.07) is -0.297. The molecule has 0 aromatic rings. The third kappa shape index (κ3) is 3.25. The van der Waals surface area contributed by atoms with E-state index in [1.165, 1.54) is 11.0 Å². The van der Waals surface area contributed by atoms with E-state index in [1.807, 2.05) is 13.0 Å². The van der Waals surface area contributed by atoms with Crippen LogP contribution in [0.3, 0.4) is 0 Å². The Labute approximate surface area is 157 Å². The lowest BCUT2D eigenvalue weighted by atomic mass is 9.82. The predicted molar refractivity (Wildman–Crippen MR) is 95.4 cm³/mol. The molecular weight excluding hydrogens is 352 g/mol. The SMILES string of the molecule is C=CCOC(=O)N1CC(/C=C(\C)C2=C(C(=O)O)N3C(=O)[C@H]([C@@H](C)O)[C@H]3C2)C1. The Bertz CT molecular complexity index is 747. The van der Waals surface area contributed by atoms with E-state index in [4.69, 9.17) is 4.74 Å². The normalized spacial score (nSPS) is 26.3. The molecule has 3 aliphatic heterocycles. The van der Waals surface area contributed by atoms with Crippen LogP contribution in [-0.4, -0.2) is 69.8 Å². The summed E-state index contributed by atoms with van der Waals surface area (Å²) in [7, 11) is 0. The second-order valence-corrected chi connectivity index (χ2v) is 7.26. The molecule has 8 nitrogen and oxygen atoms in total. The van der Waals surface area contributed by atoms with Crippen LogP contribution in [0, 0.1) is 11.8 Å². The first-order valence-electron chi connectivity index (χ1n) is 8.95. The number of aliphatic hydroxyl groups excluding tert-OH is 1. The number of rotatable bonds is 6. The van der Waals surface area contributed by atoms with Crippen LogP contribution in [0.25, 0.3) is 0 Å². The van der Waals surface area contributed by atoms with E-state index in [-0.39, 0.29) is 30.2 Å². The number of carboxylic acid groups (broad SMARTS) is 1. The first-order valence-corrected chi connectivity index (χ1v) is 8.95. The van der Waals surface area contributed by atoms with Gasteiger partial charge in [0.05, 0.1) is 18.1 Å². The van der Waals surface area contributed by atoms with E-state index in [9.17, 15) is 24.6 Å². The third-order valence-corrected chi connectivity index (χ3v) is 5.39. The maximum Gasteiger partial charge on any atom is 0.410 e. The van der Waals surface area contributed by atoms with Crippen molar-refractivity contribution >= 4 is 18.0 Å². The number of allylic oxidation sites excluding steroid dienone is 1. The molecule has 3 rings (SSSR count). The maximum absolute atomic E-state index is 12.2. The standard InChI is InChI=1S/C19H24N2O6/c1-4-5-27-19(26)20-8-12(9-20)6-10(2)13-7-14-15(11(3)22)17(23)21(14)16(13)18(24)25/h4,6,11-12,14-15,22H,1,5,7-9H2,2-3H3,(H,24,25)/b10-6+/t11-,14-,15-/m1/s1. The highest BCUT2D eigenvalue weighted by molar-refractivity contribution is 6.00. The third-order valence-electron chi connectivity index (χ3n) is 5.39. The first-order chi connectivity index (χ1) is 12.8. The second-order valence-electron chi connectivity index (χ2n) is 7.26. The highest BCUT2D eigenvalue weighted by atomic mass is 16.6. The van der Waals surface area contributed by atoms with Crippen molar-refractivity contribution in [2.75, 3.05) is 19.7 Å². The molecule has 0 spiro atoms. The summed E-state index contributed by atoms with van der Waals surface area (Å²) >= 11 is 0. The van der Waals surface area contributed by atoms with E-state index in [0.717, 1.165) is 5.57 Å². The lowest BCUT2D eigenvalue weighted by molar-refractivity contribution is -0.161. The van der Waals surface area contributed by atoms with Crippen molar-refractivity contribution in [3.8, 4) is 0 Å². The Balaban J connectivity index is 1.70. The number of aliphatic carboxylic acids is 1. The molecular formula is C19H24N2O6. The van der Waals surface area contributed by atoms with Crippen molar-refractivity contribution in [2.24, 2.45) is 11.8 Å². The average Bonchev–Trinajstić information content (AvgIpc) is 2.90. The Kier molecular flexibility index (Phi) is 5.10. The molecule has 2 saturated heterocycles. The molecule has 0 bridgehead atoms. The van der Waals surface area contributed by atoms with Crippen LogP contribution in [0.5, 0.6) is 0 Å². The van der Waals surface area contributed by atoms with Gasteiger partial charge in [0.2, 0.25) is 5.91 Å². The largest absolute Gasteiger partial charge is 0.477 e. The van der Waals surface area contributed by atoms with Crippen LogP contribution in [0.15, 0.2) is 35.6 Å². The van der Waals surface area contributed by atoms with Crippen LogP contribution in [0.2, 0.25) is 0 Å². The zero-order valence-corrected chi connectivity index (χ0v) is 15.4. The van der Waals surface area contributed by atoms with Gasteiger partial charge in [-0.3, -0.25) is 4.79 Å². The van der Waals surface area contributed by atoms with Gasteiger partial charge in [-0.1, -0.05) is 18.7 Å². The molecule has 2 N–H and O–H groups in total. The highest BCUT2D eigenvalue weighted by Crippen LogP contribution is 2.45. The number of amides is 2. The van der Waals surface area contributed by atoms with Gasteiger partial charge in [-0.2, -0.15) is 0 Å². The van der Waals surface area contributed by atoms with E-state index in [1.54, 1.807) is 11.8 Å². The van der Waals surface area contributed by atoms with Gasteiger partial charge in [-0.15, -0.1) is 0 Å². The number of likely N-dealkylation sites (tertiary alicyclic amines) is 1. The number of carboxylic acids is 1. The van der Waals surface area contributed by atoms with Crippen molar-refractivity contribution in [2.45, 2.75) is 32.4 Å². The van der Waals surface area contributed by atoms with Gasteiger partial charge in [-0.25, -0.2) is 9.59 Å². The summed E-state index contributed by atoms with van der Waals surface area (Å²) < 4.78 is 4.97. The summed E-state index contributed by atoms with van der Waals surface area (Å²) in [6.45, 7) is 8.04. The lowest BCUT2D eigenvalue weighted by Crippen LogP contribution is -2.61. The number of ether oxygens (including phenoxy) is 1. The van der Waals surface area contributed by atoms with Gasteiger partial charge in [0, 0.05) is 19.0 Å². The van der Waals surface area contributed by atoms with E-state index >= 15 is 0 Å². The Morgan fingerprint density at radius 1 is 1.41 bits per heavy atom. The molecule has 2 amide bonds. The molecule has 0 saturated carbocycles. The minimum atomic E-state index is -1.14. The minimum absolute atomic E-state index is 0.0113. The average molecular weight is 376 g/mol. The number of carbonyl (C=O) groups excluding carboxylic acids is 2. The topological polar surface area (TPSA) is 107 Å². The van der Waals surface area contributed by atoms with Crippen LogP contribution < -0.4 is 0 Å². The molecule has 3 atom stereocenters. The second kappa shape index (κ2) is 7.19. The Morgan fingerprint density at radius 2 is 2.07 bits per heavy atom. The fraction of sp³-hybridized carbons (Fsp3) is 0.526. The fourth-order valence-corrected chi connectivity index (χ4v) is 4.06. The van der Waals surface area contributed by atoms with Crippen molar-refractivity contribution in [3.05, 3.63) is 35.6 Å². The zero-order chi connectivity index (χ0) is 19.9. The van der Waals surface area contributed by atoms with Crippen LogP contribution in [0.4, 0.5) is 4.79 Å². The quantitative estimate of drug-likeness (QED) is 0.532. The zero-order valence-electron chi connectivity index (χ0n) is 15.4. The minimum Gasteiger partial charge on any atom is -0.477 e. The molecule has 146 valence electrons. The molecule has 0 aromatic heterocycles. The van der Waals surface area contributed by atoms with Crippen LogP contribution in [-0.2, 0) is 14.3 Å². The number of aliphatic hydroxyl groups is 1. The first kappa shape index (κ1) is 19.2. The number of fused-ring (bicyclic) bond motifs is 1. The molecule has 8 heteroatoms. The summed E-state index contributed by atoms with van der Waals surface area (Å²) in [5, 5.41) is 19.4. The summed E-state index contributed by atoms with van der Waals surface area (Å²) in [6.07, 6.45) is 2.68. The molecule has 3 aliphatic rings. The van der Waals surface area contributed by atoms with Crippen molar-refractivity contribution in [1.29, 1.82) is 0 Å². The van der Waals surface area contributed by atoms with E-state index in [0.29, 0.717) is 25.1 Å². The molecule has 27 heavy (non-hydrogen) atoms. The summed E-state index contributed by atoms with van der Waals surface area (Å²) in [5.74, 6) is -1.92.